The molecular formula is C15H24O2Y. The van der Waals surface area contributed by atoms with Gasteiger partial charge in [0.1, 0.15) is 5.78 Å². The predicted molar refractivity (Wildman–Crippen MR) is 70.8 cm³/mol. The van der Waals surface area contributed by atoms with E-state index in [0.29, 0.717) is 12.8 Å². The second-order valence-corrected chi connectivity index (χ2v) is 5.78. The van der Waals surface area contributed by atoms with Crippen molar-refractivity contribution in [1.29, 1.82) is 0 Å². The molecule has 99 valence electrons. The van der Waals surface area contributed by atoms with Crippen molar-refractivity contribution in [2.75, 3.05) is 0 Å². The average Bonchev–Trinajstić information content (AvgIpc) is 2.14. The van der Waals surface area contributed by atoms with E-state index in [9.17, 15) is 9.90 Å². The van der Waals surface area contributed by atoms with Gasteiger partial charge in [0.15, 0.2) is 0 Å². The Morgan fingerprint density at radius 3 is 2.44 bits per heavy atom. The molecular weight excluding hydrogens is 301 g/mol. The first-order chi connectivity index (χ1) is 7.77. The van der Waals surface area contributed by atoms with Gasteiger partial charge in [-0.15, -0.1) is 0 Å². The van der Waals surface area contributed by atoms with Crippen LogP contribution in [0.5, 0.6) is 0 Å². The molecule has 1 rings (SSSR count). The van der Waals surface area contributed by atoms with Crippen LogP contribution in [0.15, 0.2) is 22.8 Å². The van der Waals surface area contributed by atoms with E-state index < -0.39 is 6.10 Å². The SMILES string of the molecule is CCC(=O)CC(C)(C)C1=C(C)CC(C)=CC1O.[Y]. The average molecular weight is 325 g/mol. The topological polar surface area (TPSA) is 37.3 Å². The van der Waals surface area contributed by atoms with Crippen LogP contribution in [-0.2, 0) is 37.5 Å². The molecule has 3 heteroatoms. The van der Waals surface area contributed by atoms with Gasteiger partial charge < -0.3 is 5.11 Å². The van der Waals surface area contributed by atoms with Crippen molar-refractivity contribution in [2.24, 2.45) is 5.41 Å². The molecule has 1 aliphatic rings. The number of rotatable bonds is 4. The second-order valence-electron chi connectivity index (χ2n) is 5.78. The zero-order chi connectivity index (χ0) is 13.2. The molecule has 0 bridgehead atoms. The third-order valence-electron chi connectivity index (χ3n) is 3.50. The molecule has 0 amide bonds. The minimum atomic E-state index is -0.525. The quantitative estimate of drug-likeness (QED) is 0.805. The molecule has 0 aliphatic heterocycles. The Hall–Kier alpha value is 0.214. The summed E-state index contributed by atoms with van der Waals surface area (Å²) in [6.45, 7) is 10.1. The van der Waals surface area contributed by atoms with Gasteiger partial charge in [-0.1, -0.05) is 38.0 Å². The van der Waals surface area contributed by atoms with E-state index in [2.05, 4.69) is 20.8 Å². The maximum atomic E-state index is 11.6. The van der Waals surface area contributed by atoms with Crippen LogP contribution in [0.2, 0.25) is 0 Å². The Bertz CT molecular complexity index is 378. The Morgan fingerprint density at radius 1 is 1.44 bits per heavy atom. The van der Waals surface area contributed by atoms with Crippen LogP contribution in [-0.4, -0.2) is 17.0 Å². The fraction of sp³-hybridized carbons (Fsp3) is 0.667. The standard InChI is InChI=1S/C15H24O2.Y/c1-6-12(16)9-15(4,5)14-11(3)7-10(2)8-13(14)17;/h8,13,17H,6-7,9H2,1-5H3;. The third-order valence-corrected chi connectivity index (χ3v) is 3.50. The van der Waals surface area contributed by atoms with E-state index in [1.54, 1.807) is 0 Å². The van der Waals surface area contributed by atoms with E-state index in [4.69, 9.17) is 0 Å². The van der Waals surface area contributed by atoms with Crippen LogP contribution in [0.1, 0.15) is 53.9 Å². The van der Waals surface area contributed by atoms with Gasteiger partial charge in [0.2, 0.25) is 0 Å². The number of ketones is 1. The van der Waals surface area contributed by atoms with Gasteiger partial charge in [0.25, 0.3) is 0 Å². The molecule has 1 atom stereocenters. The summed E-state index contributed by atoms with van der Waals surface area (Å²) >= 11 is 0. The molecule has 1 aliphatic carbocycles. The Labute approximate surface area is 136 Å². The van der Waals surface area contributed by atoms with Crippen molar-refractivity contribution < 1.29 is 42.6 Å². The fourth-order valence-electron chi connectivity index (χ4n) is 2.87. The molecule has 2 nitrogen and oxygen atoms in total. The van der Waals surface area contributed by atoms with E-state index in [1.807, 2.05) is 19.9 Å². The number of hydrogen-bond acceptors (Lipinski definition) is 2. The predicted octanol–water partition coefficient (Wildman–Crippen LogP) is 3.41. The van der Waals surface area contributed by atoms with Crippen molar-refractivity contribution in [3.63, 3.8) is 0 Å². The van der Waals surface area contributed by atoms with Gasteiger partial charge in [-0.2, -0.15) is 0 Å². The first-order valence-corrected chi connectivity index (χ1v) is 6.35. The number of aliphatic hydroxyl groups is 1. The molecule has 18 heavy (non-hydrogen) atoms. The molecule has 0 heterocycles. The summed E-state index contributed by atoms with van der Waals surface area (Å²) in [6, 6.07) is 0. The zero-order valence-corrected chi connectivity index (χ0v) is 15.0. The van der Waals surface area contributed by atoms with Crippen LogP contribution in [0.4, 0.5) is 0 Å². The number of carbonyl (C=O) groups is 1. The third kappa shape index (κ3) is 4.40. The molecule has 1 unspecified atom stereocenters. The summed E-state index contributed by atoms with van der Waals surface area (Å²) in [4.78, 5) is 11.6. The summed E-state index contributed by atoms with van der Waals surface area (Å²) in [7, 11) is 0. The van der Waals surface area contributed by atoms with Crippen molar-refractivity contribution in [3.05, 3.63) is 22.8 Å². The van der Waals surface area contributed by atoms with Crippen LogP contribution in [0, 0.1) is 5.41 Å². The van der Waals surface area contributed by atoms with Gasteiger partial charge in [-0.25, -0.2) is 0 Å². The molecule has 0 fully saturated rings. The van der Waals surface area contributed by atoms with Crippen LogP contribution in [0.25, 0.3) is 0 Å². The Kier molecular flexibility index (Phi) is 7.20. The van der Waals surface area contributed by atoms with E-state index in [1.165, 1.54) is 11.1 Å². The van der Waals surface area contributed by atoms with Crippen LogP contribution < -0.4 is 0 Å². The largest absolute Gasteiger partial charge is 0.385 e. The Balaban J connectivity index is 0.00000289. The summed E-state index contributed by atoms with van der Waals surface area (Å²) in [5.41, 5.74) is 3.21. The van der Waals surface area contributed by atoms with E-state index >= 15 is 0 Å². The summed E-state index contributed by atoms with van der Waals surface area (Å²) in [5, 5.41) is 10.2. The summed E-state index contributed by atoms with van der Waals surface area (Å²) in [6.07, 6.45) is 3.38. The number of carbonyl (C=O) groups excluding carboxylic acids is 1. The normalized spacial score (nSPS) is 20.3. The smallest absolute Gasteiger partial charge is 0.133 e. The Morgan fingerprint density at radius 2 is 2.00 bits per heavy atom. The van der Waals surface area contributed by atoms with Crippen molar-refractivity contribution in [3.8, 4) is 0 Å². The first-order valence-electron chi connectivity index (χ1n) is 6.35. The van der Waals surface area contributed by atoms with Crippen molar-refractivity contribution in [1.82, 2.24) is 0 Å². The van der Waals surface area contributed by atoms with Crippen molar-refractivity contribution in [2.45, 2.75) is 60.0 Å². The zero-order valence-electron chi connectivity index (χ0n) is 12.2. The fourth-order valence-corrected chi connectivity index (χ4v) is 2.87. The van der Waals surface area contributed by atoms with E-state index in [0.717, 1.165) is 12.0 Å². The minimum absolute atomic E-state index is 0. The monoisotopic (exact) mass is 325 g/mol. The summed E-state index contributed by atoms with van der Waals surface area (Å²) in [5.74, 6) is 0.258. The molecule has 0 aromatic carbocycles. The number of Topliss-reactive ketones (excluding diaryl/α,β-unsaturated/α-hetero) is 1. The number of aliphatic hydroxyl groups excluding tert-OH is 1. The molecule has 0 aromatic heterocycles. The van der Waals surface area contributed by atoms with Gasteiger partial charge in [-0.3, -0.25) is 4.79 Å². The summed E-state index contributed by atoms with van der Waals surface area (Å²) < 4.78 is 0. The maximum Gasteiger partial charge on any atom is 0.133 e. The van der Waals surface area contributed by atoms with Gasteiger partial charge in [0, 0.05) is 45.6 Å². The number of hydrogen-bond donors (Lipinski definition) is 1. The molecule has 0 saturated heterocycles. The first kappa shape index (κ1) is 18.2. The molecule has 0 aromatic rings. The van der Waals surface area contributed by atoms with E-state index in [-0.39, 0.29) is 43.9 Å². The molecule has 1 radical (unpaired) electrons. The van der Waals surface area contributed by atoms with Gasteiger partial charge >= 0.3 is 0 Å². The molecule has 0 saturated carbocycles. The van der Waals surface area contributed by atoms with Gasteiger partial charge in [0.05, 0.1) is 6.10 Å². The second kappa shape index (κ2) is 7.12. The maximum absolute atomic E-state index is 11.6. The minimum Gasteiger partial charge on any atom is -0.385 e. The van der Waals surface area contributed by atoms with Crippen LogP contribution >= 0.6 is 0 Å². The van der Waals surface area contributed by atoms with Gasteiger partial charge in [-0.05, 0) is 31.3 Å². The van der Waals surface area contributed by atoms with Crippen molar-refractivity contribution >= 4 is 5.78 Å². The number of allylic oxidation sites excluding steroid dienone is 2. The van der Waals surface area contributed by atoms with Crippen LogP contribution in [0.3, 0.4) is 0 Å². The molecule has 0 spiro atoms. The molecule has 1 N–H and O–H groups in total.